The molecule has 4 heteroatoms. The summed E-state index contributed by atoms with van der Waals surface area (Å²) in [6, 6.07) is 11.9. The second-order valence-corrected chi connectivity index (χ2v) is 9.78. The van der Waals surface area contributed by atoms with Gasteiger partial charge in [0.2, 0.25) is 0 Å². The summed E-state index contributed by atoms with van der Waals surface area (Å²) >= 11 is 0. The Bertz CT molecular complexity index is 988. The van der Waals surface area contributed by atoms with E-state index in [2.05, 4.69) is 65.1 Å². The van der Waals surface area contributed by atoms with Gasteiger partial charge in [-0.1, -0.05) is 65.8 Å². The average Bonchev–Trinajstić information content (AvgIpc) is 3.14. The van der Waals surface area contributed by atoms with Crippen molar-refractivity contribution < 1.29 is 14.3 Å². The number of fused-ring (bicyclic) bond motifs is 1. The molecule has 0 saturated heterocycles. The Morgan fingerprint density at radius 2 is 1.71 bits per heavy atom. The maximum Gasteiger partial charge on any atom is 0.262 e. The molecule has 0 radical (unpaired) electrons. The van der Waals surface area contributed by atoms with Gasteiger partial charge in [0.15, 0.2) is 12.4 Å². The smallest absolute Gasteiger partial charge is 0.262 e. The molecular weight excluding hydrogens is 386 g/mol. The fourth-order valence-corrected chi connectivity index (χ4v) is 3.95. The van der Waals surface area contributed by atoms with Crippen molar-refractivity contribution in [2.75, 3.05) is 11.9 Å². The fourth-order valence-electron chi connectivity index (χ4n) is 3.95. The van der Waals surface area contributed by atoms with Crippen LogP contribution in [0, 0.1) is 0 Å². The second-order valence-electron chi connectivity index (χ2n) is 9.78. The summed E-state index contributed by atoms with van der Waals surface area (Å²) in [5.74, 6) is 0.701. The van der Waals surface area contributed by atoms with Crippen molar-refractivity contribution in [1.82, 2.24) is 0 Å². The number of ether oxygens (including phenoxy) is 1. The zero-order valence-electron chi connectivity index (χ0n) is 19.7. The van der Waals surface area contributed by atoms with E-state index in [4.69, 9.17) is 4.74 Å². The number of hydrogen-bond acceptors (Lipinski definition) is 3. The molecule has 0 spiro atoms. The average molecular weight is 422 g/mol. The molecule has 0 fully saturated rings. The Kier molecular flexibility index (Phi) is 6.59. The second kappa shape index (κ2) is 8.86. The third-order valence-electron chi connectivity index (χ3n) is 6.97. The summed E-state index contributed by atoms with van der Waals surface area (Å²) in [5.41, 5.74) is 4.67. The van der Waals surface area contributed by atoms with E-state index in [-0.39, 0.29) is 29.1 Å². The molecule has 1 aliphatic rings. The minimum Gasteiger partial charge on any atom is -0.483 e. The van der Waals surface area contributed by atoms with Gasteiger partial charge < -0.3 is 10.1 Å². The first-order valence-corrected chi connectivity index (χ1v) is 11.3. The third-order valence-corrected chi connectivity index (χ3v) is 6.97. The first kappa shape index (κ1) is 23.1. The van der Waals surface area contributed by atoms with Crippen molar-refractivity contribution in [1.29, 1.82) is 0 Å². The Morgan fingerprint density at radius 3 is 2.39 bits per heavy atom. The highest BCUT2D eigenvalue weighted by Crippen LogP contribution is 2.38. The molecule has 0 atom stereocenters. The van der Waals surface area contributed by atoms with E-state index in [0.717, 1.165) is 35.3 Å². The van der Waals surface area contributed by atoms with Gasteiger partial charge in [-0.2, -0.15) is 0 Å². The highest BCUT2D eigenvalue weighted by atomic mass is 16.5. The zero-order valence-corrected chi connectivity index (χ0v) is 19.7. The van der Waals surface area contributed by atoms with Crippen LogP contribution in [-0.2, 0) is 22.0 Å². The van der Waals surface area contributed by atoms with Crippen LogP contribution in [0.4, 0.5) is 5.69 Å². The van der Waals surface area contributed by atoms with E-state index in [1.54, 1.807) is 0 Å². The van der Waals surface area contributed by atoms with Crippen LogP contribution in [0.3, 0.4) is 0 Å². The van der Waals surface area contributed by atoms with Crippen molar-refractivity contribution in [3.8, 4) is 5.75 Å². The lowest BCUT2D eigenvalue weighted by molar-refractivity contribution is -0.118. The molecule has 0 aliphatic heterocycles. The largest absolute Gasteiger partial charge is 0.483 e. The molecule has 3 rings (SSSR count). The molecule has 0 unspecified atom stereocenters. The Hall–Kier alpha value is -2.62. The minimum atomic E-state index is -0.215. The monoisotopic (exact) mass is 421 g/mol. The van der Waals surface area contributed by atoms with E-state index < -0.39 is 0 Å². The number of Topliss-reactive ketones (excluding diaryl/α,β-unsaturated/α-hetero) is 1. The highest BCUT2D eigenvalue weighted by molar-refractivity contribution is 6.03. The van der Waals surface area contributed by atoms with Gasteiger partial charge in [-0.25, -0.2) is 0 Å². The van der Waals surface area contributed by atoms with Gasteiger partial charge in [0.05, 0.1) is 0 Å². The molecule has 1 amide bonds. The van der Waals surface area contributed by atoms with Crippen LogP contribution in [0.1, 0.15) is 87.9 Å². The molecule has 31 heavy (non-hydrogen) atoms. The van der Waals surface area contributed by atoms with E-state index in [0.29, 0.717) is 18.5 Å². The van der Waals surface area contributed by atoms with Gasteiger partial charge in [0.25, 0.3) is 5.91 Å². The maximum atomic E-state index is 12.7. The predicted molar refractivity (Wildman–Crippen MR) is 126 cm³/mol. The zero-order chi connectivity index (χ0) is 22.8. The number of carbonyl (C=O) groups is 2. The number of rotatable bonds is 8. The molecule has 1 aliphatic carbocycles. The van der Waals surface area contributed by atoms with Gasteiger partial charge in [-0.3, -0.25) is 9.59 Å². The summed E-state index contributed by atoms with van der Waals surface area (Å²) in [5, 5.41) is 2.95. The van der Waals surface area contributed by atoms with Crippen molar-refractivity contribution >= 4 is 17.4 Å². The quantitative estimate of drug-likeness (QED) is 0.551. The first-order chi connectivity index (χ1) is 14.6. The molecule has 0 bridgehead atoms. The van der Waals surface area contributed by atoms with Crippen LogP contribution in [0.25, 0.3) is 0 Å². The van der Waals surface area contributed by atoms with Gasteiger partial charge in [0.1, 0.15) is 5.75 Å². The fraction of sp³-hybridized carbons (Fsp3) is 0.481. The standard InChI is InChI=1S/C27H35NO3/c1-7-26(3,4)18-12-14-21(27(5,6)8-2)24(16-18)31-17-25(30)28-22-11-9-10-20-19(22)13-15-23(20)29/h9-12,14,16H,7-8,13,15,17H2,1-6H3,(H,28,30). The number of hydrogen-bond donors (Lipinski definition) is 1. The summed E-state index contributed by atoms with van der Waals surface area (Å²) in [6.07, 6.45) is 3.17. The summed E-state index contributed by atoms with van der Waals surface area (Å²) in [4.78, 5) is 24.7. The Morgan fingerprint density at radius 1 is 1.00 bits per heavy atom. The molecule has 1 N–H and O–H groups in total. The molecule has 2 aromatic rings. The van der Waals surface area contributed by atoms with Crippen LogP contribution in [0.15, 0.2) is 36.4 Å². The predicted octanol–water partition coefficient (Wildman–Crippen LogP) is 6.21. The van der Waals surface area contributed by atoms with Crippen LogP contribution in [0.5, 0.6) is 5.75 Å². The van der Waals surface area contributed by atoms with Gasteiger partial charge in [-0.15, -0.1) is 0 Å². The SMILES string of the molecule is CCC(C)(C)c1ccc(C(C)(C)CC)c(OCC(=O)Nc2cccc3c2CCC3=O)c1. The van der Waals surface area contributed by atoms with Gasteiger partial charge in [-0.05, 0) is 58.9 Å². The number of ketones is 1. The van der Waals surface area contributed by atoms with Crippen LogP contribution in [-0.4, -0.2) is 18.3 Å². The summed E-state index contributed by atoms with van der Waals surface area (Å²) < 4.78 is 6.10. The van der Waals surface area contributed by atoms with Gasteiger partial charge >= 0.3 is 0 Å². The molecule has 0 saturated carbocycles. The number of anilines is 1. The molecule has 4 nitrogen and oxygen atoms in total. The highest BCUT2D eigenvalue weighted by Gasteiger charge is 2.27. The minimum absolute atomic E-state index is 0.0341. The van der Waals surface area contributed by atoms with Crippen LogP contribution in [0.2, 0.25) is 0 Å². The number of nitrogens with one attached hydrogen (secondary N) is 1. The normalized spacial score (nSPS) is 13.8. The molecule has 166 valence electrons. The van der Waals surface area contributed by atoms with Crippen molar-refractivity contribution in [2.45, 2.75) is 78.1 Å². The maximum absolute atomic E-state index is 12.7. The first-order valence-electron chi connectivity index (χ1n) is 11.3. The lowest BCUT2D eigenvalue weighted by atomic mass is 9.77. The van der Waals surface area contributed by atoms with Crippen LogP contribution < -0.4 is 10.1 Å². The van der Waals surface area contributed by atoms with Crippen molar-refractivity contribution in [3.05, 3.63) is 58.7 Å². The number of amides is 1. The van der Waals surface area contributed by atoms with Gasteiger partial charge in [0, 0.05) is 17.7 Å². The van der Waals surface area contributed by atoms with Crippen molar-refractivity contribution in [2.24, 2.45) is 0 Å². The van der Waals surface area contributed by atoms with Crippen LogP contribution >= 0.6 is 0 Å². The molecule has 0 heterocycles. The third kappa shape index (κ3) is 4.84. The molecule has 2 aromatic carbocycles. The van der Waals surface area contributed by atoms with E-state index in [1.807, 2.05) is 18.2 Å². The van der Waals surface area contributed by atoms with E-state index >= 15 is 0 Å². The van der Waals surface area contributed by atoms with E-state index in [1.165, 1.54) is 5.56 Å². The molecular formula is C27H35NO3. The van der Waals surface area contributed by atoms with Crippen molar-refractivity contribution in [3.63, 3.8) is 0 Å². The lowest BCUT2D eigenvalue weighted by Gasteiger charge is -2.29. The summed E-state index contributed by atoms with van der Waals surface area (Å²) in [7, 11) is 0. The summed E-state index contributed by atoms with van der Waals surface area (Å²) in [6.45, 7) is 13.1. The Balaban J connectivity index is 1.81. The number of benzene rings is 2. The Labute approximate surface area is 186 Å². The topological polar surface area (TPSA) is 55.4 Å². The lowest BCUT2D eigenvalue weighted by Crippen LogP contribution is -2.24. The molecule has 0 aromatic heterocycles. The van der Waals surface area contributed by atoms with E-state index in [9.17, 15) is 9.59 Å². The number of carbonyl (C=O) groups excluding carboxylic acids is 2.